The van der Waals surface area contributed by atoms with E-state index in [1.54, 1.807) is 6.07 Å². The van der Waals surface area contributed by atoms with Crippen molar-refractivity contribution in [2.24, 2.45) is 0 Å². The summed E-state index contributed by atoms with van der Waals surface area (Å²) in [4.78, 5) is 1.97. The molecule has 0 aromatic heterocycles. The fourth-order valence-corrected chi connectivity index (χ4v) is 2.88. The Bertz CT molecular complexity index is 436. The summed E-state index contributed by atoms with van der Waals surface area (Å²) in [6, 6.07) is 5.63. The number of rotatable bonds is 7. The second kappa shape index (κ2) is 7.62. The Hall–Kier alpha value is -0.320. The smallest absolute Gasteiger partial charge is 0.0869 e. The maximum atomic E-state index is 10.3. The molecular formula is C15H24Cl2N2O. The molecule has 0 saturated carbocycles. The van der Waals surface area contributed by atoms with Crippen molar-refractivity contribution in [3.63, 3.8) is 0 Å². The highest BCUT2D eigenvalue weighted by Gasteiger charge is 2.23. The van der Waals surface area contributed by atoms with Crippen LogP contribution in [0.4, 0.5) is 0 Å². The number of nitrogens with one attached hydrogen (secondary N) is 1. The first kappa shape index (κ1) is 17.7. The van der Waals surface area contributed by atoms with Crippen LogP contribution in [0.1, 0.15) is 31.9 Å². The van der Waals surface area contributed by atoms with Gasteiger partial charge in [0.1, 0.15) is 0 Å². The Labute approximate surface area is 131 Å². The standard InChI is InChI=1S/C15H24Cl2N2O/c1-5-14(12-7-6-11(16)8-13(12)17)18-9-15(2,20)10-19(3)4/h6-8,14,18,20H,5,9-10H2,1-4H3. The van der Waals surface area contributed by atoms with Gasteiger partial charge in [-0.1, -0.05) is 36.2 Å². The summed E-state index contributed by atoms with van der Waals surface area (Å²) in [5.41, 5.74) is 0.231. The second-order valence-electron chi connectivity index (χ2n) is 5.74. The zero-order valence-electron chi connectivity index (χ0n) is 12.6. The van der Waals surface area contributed by atoms with E-state index in [-0.39, 0.29) is 6.04 Å². The van der Waals surface area contributed by atoms with Gasteiger partial charge in [0.05, 0.1) is 5.60 Å². The van der Waals surface area contributed by atoms with Crippen molar-refractivity contribution in [2.45, 2.75) is 31.9 Å². The van der Waals surface area contributed by atoms with Gasteiger partial charge < -0.3 is 15.3 Å². The van der Waals surface area contributed by atoms with Gasteiger partial charge in [-0.25, -0.2) is 0 Å². The summed E-state index contributed by atoms with van der Waals surface area (Å²) in [6.07, 6.45) is 0.888. The fourth-order valence-electron chi connectivity index (χ4n) is 2.34. The highest BCUT2D eigenvalue weighted by molar-refractivity contribution is 6.35. The monoisotopic (exact) mass is 318 g/mol. The van der Waals surface area contributed by atoms with E-state index in [2.05, 4.69) is 12.2 Å². The Morgan fingerprint density at radius 3 is 2.50 bits per heavy atom. The van der Waals surface area contributed by atoms with E-state index >= 15 is 0 Å². The van der Waals surface area contributed by atoms with Crippen molar-refractivity contribution in [2.75, 3.05) is 27.2 Å². The highest BCUT2D eigenvalue weighted by Crippen LogP contribution is 2.28. The molecule has 0 spiro atoms. The minimum Gasteiger partial charge on any atom is -0.388 e. The summed E-state index contributed by atoms with van der Waals surface area (Å²) < 4.78 is 0. The number of nitrogens with zero attached hydrogens (tertiary/aromatic N) is 1. The Morgan fingerprint density at radius 2 is 2.00 bits per heavy atom. The molecule has 1 aromatic carbocycles. The van der Waals surface area contributed by atoms with Crippen LogP contribution < -0.4 is 5.32 Å². The summed E-state index contributed by atoms with van der Waals surface area (Å²) in [5.74, 6) is 0. The fraction of sp³-hybridized carbons (Fsp3) is 0.600. The molecule has 1 rings (SSSR count). The lowest BCUT2D eigenvalue weighted by molar-refractivity contribution is 0.0311. The van der Waals surface area contributed by atoms with Gasteiger partial charge >= 0.3 is 0 Å². The molecule has 0 amide bonds. The zero-order valence-corrected chi connectivity index (χ0v) is 14.1. The van der Waals surface area contributed by atoms with Gasteiger partial charge in [-0.05, 0) is 45.1 Å². The van der Waals surface area contributed by atoms with E-state index in [0.717, 1.165) is 12.0 Å². The average Bonchev–Trinajstić information content (AvgIpc) is 2.30. The third kappa shape index (κ3) is 5.58. The first-order chi connectivity index (χ1) is 9.25. The van der Waals surface area contributed by atoms with Crippen LogP contribution in [-0.2, 0) is 0 Å². The molecule has 0 fully saturated rings. The third-order valence-corrected chi connectivity index (χ3v) is 3.69. The molecule has 20 heavy (non-hydrogen) atoms. The number of hydrogen-bond donors (Lipinski definition) is 2. The second-order valence-corrected chi connectivity index (χ2v) is 6.59. The minimum atomic E-state index is -0.782. The molecule has 0 aliphatic heterocycles. The average molecular weight is 319 g/mol. The van der Waals surface area contributed by atoms with Crippen molar-refractivity contribution >= 4 is 23.2 Å². The molecule has 0 heterocycles. The van der Waals surface area contributed by atoms with Gasteiger partial charge in [0.25, 0.3) is 0 Å². The number of likely N-dealkylation sites (N-methyl/N-ethyl adjacent to an activating group) is 1. The predicted octanol–water partition coefficient (Wildman–Crippen LogP) is 3.35. The molecule has 0 aliphatic rings. The lowest BCUT2D eigenvalue weighted by Crippen LogP contribution is -2.46. The molecule has 0 aliphatic carbocycles. The van der Waals surface area contributed by atoms with Gasteiger partial charge in [0.15, 0.2) is 0 Å². The first-order valence-electron chi connectivity index (χ1n) is 6.80. The van der Waals surface area contributed by atoms with E-state index < -0.39 is 5.60 Å². The minimum absolute atomic E-state index is 0.105. The van der Waals surface area contributed by atoms with Crippen LogP contribution in [0.3, 0.4) is 0 Å². The van der Waals surface area contributed by atoms with Gasteiger partial charge in [0.2, 0.25) is 0 Å². The number of aliphatic hydroxyl groups is 1. The molecule has 2 N–H and O–H groups in total. The molecule has 2 unspecified atom stereocenters. The molecule has 2 atom stereocenters. The number of benzene rings is 1. The predicted molar refractivity (Wildman–Crippen MR) is 86.7 cm³/mol. The van der Waals surface area contributed by atoms with Crippen molar-refractivity contribution in [1.29, 1.82) is 0 Å². The van der Waals surface area contributed by atoms with Crippen LogP contribution in [0.5, 0.6) is 0 Å². The summed E-state index contributed by atoms with van der Waals surface area (Å²) in [5, 5.41) is 15.0. The lowest BCUT2D eigenvalue weighted by Gasteiger charge is -2.30. The van der Waals surface area contributed by atoms with E-state index in [0.29, 0.717) is 23.1 Å². The lowest BCUT2D eigenvalue weighted by atomic mass is 10.0. The zero-order chi connectivity index (χ0) is 15.3. The molecular weight excluding hydrogens is 295 g/mol. The van der Waals surface area contributed by atoms with Gasteiger partial charge in [-0.15, -0.1) is 0 Å². The maximum Gasteiger partial charge on any atom is 0.0869 e. The summed E-state index contributed by atoms with van der Waals surface area (Å²) in [7, 11) is 3.89. The molecule has 3 nitrogen and oxygen atoms in total. The van der Waals surface area contributed by atoms with Crippen LogP contribution in [0, 0.1) is 0 Å². The normalized spacial score (nSPS) is 16.2. The van der Waals surface area contributed by atoms with Crippen LogP contribution in [0.15, 0.2) is 18.2 Å². The van der Waals surface area contributed by atoms with E-state index in [1.807, 2.05) is 38.1 Å². The van der Waals surface area contributed by atoms with Crippen molar-refractivity contribution in [1.82, 2.24) is 10.2 Å². The SMILES string of the molecule is CCC(NCC(C)(O)CN(C)C)c1ccc(Cl)cc1Cl. The van der Waals surface area contributed by atoms with Crippen molar-refractivity contribution in [3.8, 4) is 0 Å². The molecule has 5 heteroatoms. The molecule has 1 aromatic rings. The van der Waals surface area contributed by atoms with Gasteiger partial charge in [-0.2, -0.15) is 0 Å². The summed E-state index contributed by atoms with van der Waals surface area (Å²) >= 11 is 12.2. The first-order valence-corrected chi connectivity index (χ1v) is 7.56. The van der Waals surface area contributed by atoms with E-state index in [9.17, 15) is 5.11 Å². The topological polar surface area (TPSA) is 35.5 Å². The molecule has 114 valence electrons. The van der Waals surface area contributed by atoms with Crippen LogP contribution in [-0.4, -0.2) is 42.8 Å². The third-order valence-electron chi connectivity index (χ3n) is 3.13. The Morgan fingerprint density at radius 1 is 1.35 bits per heavy atom. The van der Waals surface area contributed by atoms with Gasteiger partial charge in [-0.3, -0.25) is 0 Å². The van der Waals surface area contributed by atoms with E-state index in [4.69, 9.17) is 23.2 Å². The highest BCUT2D eigenvalue weighted by atomic mass is 35.5. The Kier molecular flexibility index (Phi) is 6.76. The maximum absolute atomic E-state index is 10.3. The van der Waals surface area contributed by atoms with Crippen molar-refractivity contribution in [3.05, 3.63) is 33.8 Å². The molecule has 0 bridgehead atoms. The van der Waals surface area contributed by atoms with E-state index in [1.165, 1.54) is 0 Å². The molecule has 0 radical (unpaired) electrons. The quantitative estimate of drug-likeness (QED) is 0.809. The number of halogens is 2. The summed E-state index contributed by atoms with van der Waals surface area (Å²) in [6.45, 7) is 5.02. The Balaban J connectivity index is 2.72. The van der Waals surface area contributed by atoms with Gasteiger partial charge in [0, 0.05) is 29.2 Å². The number of hydrogen-bond acceptors (Lipinski definition) is 3. The van der Waals surface area contributed by atoms with Crippen LogP contribution in [0.25, 0.3) is 0 Å². The van der Waals surface area contributed by atoms with Crippen molar-refractivity contribution < 1.29 is 5.11 Å². The molecule has 0 saturated heterocycles. The largest absolute Gasteiger partial charge is 0.388 e. The van der Waals surface area contributed by atoms with Crippen LogP contribution in [0.2, 0.25) is 10.0 Å². The van der Waals surface area contributed by atoms with Crippen LogP contribution >= 0.6 is 23.2 Å².